The minimum absolute atomic E-state index is 0.0824. The predicted molar refractivity (Wildman–Crippen MR) is 69.7 cm³/mol. The maximum atomic E-state index is 12.6. The summed E-state index contributed by atoms with van der Waals surface area (Å²) in [4.78, 5) is 0. The van der Waals surface area contributed by atoms with Crippen LogP contribution in [0.3, 0.4) is 0 Å². The molecule has 1 aliphatic heterocycles. The van der Waals surface area contributed by atoms with Gasteiger partial charge >= 0.3 is 6.18 Å². The lowest BCUT2D eigenvalue weighted by atomic mass is 9.92. The van der Waals surface area contributed by atoms with Gasteiger partial charge < -0.3 is 5.11 Å². The Labute approximate surface area is 118 Å². The van der Waals surface area contributed by atoms with Crippen LogP contribution in [0.25, 0.3) is 0 Å². The van der Waals surface area contributed by atoms with Crippen LogP contribution >= 0.6 is 0 Å². The quantitative estimate of drug-likeness (QED) is 0.867. The van der Waals surface area contributed by atoms with Crippen LogP contribution in [0.1, 0.15) is 40.0 Å². The van der Waals surface area contributed by atoms with Crippen LogP contribution in [0, 0.1) is 5.41 Å². The molecule has 1 fully saturated rings. The maximum absolute atomic E-state index is 12.6. The second kappa shape index (κ2) is 5.46. The Kier molecular flexibility index (Phi) is 4.83. The van der Waals surface area contributed by atoms with Crippen molar-refractivity contribution in [2.75, 3.05) is 18.8 Å². The second-order valence-electron chi connectivity index (χ2n) is 6.56. The van der Waals surface area contributed by atoms with Gasteiger partial charge in [-0.3, -0.25) is 0 Å². The lowest BCUT2D eigenvalue weighted by Crippen LogP contribution is -2.54. The Bertz CT molecular complexity index is 432. The predicted octanol–water partition coefficient (Wildman–Crippen LogP) is 2.14. The molecule has 0 amide bonds. The largest absolute Gasteiger partial charge is 0.417 e. The highest BCUT2D eigenvalue weighted by molar-refractivity contribution is 7.89. The Morgan fingerprint density at radius 2 is 1.60 bits per heavy atom. The van der Waals surface area contributed by atoms with Crippen molar-refractivity contribution in [2.24, 2.45) is 5.41 Å². The molecule has 20 heavy (non-hydrogen) atoms. The zero-order valence-corrected chi connectivity index (χ0v) is 12.8. The van der Waals surface area contributed by atoms with Crippen molar-refractivity contribution in [1.82, 2.24) is 4.31 Å². The van der Waals surface area contributed by atoms with E-state index in [1.807, 2.05) is 20.8 Å². The zero-order chi connectivity index (χ0) is 15.8. The summed E-state index contributed by atoms with van der Waals surface area (Å²) >= 11 is 0. The van der Waals surface area contributed by atoms with Crippen molar-refractivity contribution in [3.63, 3.8) is 0 Å². The number of alkyl halides is 3. The third-order valence-electron chi connectivity index (χ3n) is 3.58. The molecule has 0 bridgehead atoms. The summed E-state index contributed by atoms with van der Waals surface area (Å²) in [7, 11) is -3.56. The van der Waals surface area contributed by atoms with E-state index in [1.165, 1.54) is 0 Å². The molecule has 1 rings (SSSR count). The smallest absolute Gasteiger partial charge is 0.380 e. The first-order valence-electron chi connectivity index (χ1n) is 6.54. The number of piperidine rings is 1. The van der Waals surface area contributed by atoms with Gasteiger partial charge in [-0.2, -0.15) is 13.2 Å². The molecule has 120 valence electrons. The van der Waals surface area contributed by atoms with E-state index in [0.29, 0.717) is 6.42 Å². The SMILES string of the molecule is CC(C)(C)CCS(=O)(=O)N1CCC(O)(C(F)(F)F)CC1. The highest BCUT2D eigenvalue weighted by Gasteiger charge is 2.55. The van der Waals surface area contributed by atoms with Crippen LogP contribution in [0.4, 0.5) is 13.2 Å². The van der Waals surface area contributed by atoms with Crippen LogP contribution in [0.15, 0.2) is 0 Å². The van der Waals surface area contributed by atoms with Gasteiger partial charge in [0, 0.05) is 13.1 Å². The molecule has 0 atom stereocenters. The summed E-state index contributed by atoms with van der Waals surface area (Å²) in [6.45, 7) is 5.13. The fraction of sp³-hybridized carbons (Fsp3) is 1.00. The van der Waals surface area contributed by atoms with Gasteiger partial charge in [-0.15, -0.1) is 0 Å². The Hall–Kier alpha value is -0.340. The van der Waals surface area contributed by atoms with Gasteiger partial charge in [0.25, 0.3) is 0 Å². The highest BCUT2D eigenvalue weighted by Crippen LogP contribution is 2.39. The molecule has 1 N–H and O–H groups in total. The molecule has 0 saturated carbocycles. The molecular formula is C12H22F3NO3S. The molecular weight excluding hydrogens is 295 g/mol. The lowest BCUT2D eigenvalue weighted by Gasteiger charge is -2.38. The van der Waals surface area contributed by atoms with E-state index in [4.69, 9.17) is 0 Å². The highest BCUT2D eigenvalue weighted by atomic mass is 32.2. The summed E-state index contributed by atoms with van der Waals surface area (Å²) in [5.74, 6) is -0.0824. The topological polar surface area (TPSA) is 57.6 Å². The minimum atomic E-state index is -4.71. The van der Waals surface area contributed by atoms with Crippen molar-refractivity contribution < 1.29 is 26.7 Å². The summed E-state index contributed by atoms with van der Waals surface area (Å²) in [6.07, 6.45) is -5.49. The van der Waals surface area contributed by atoms with E-state index in [9.17, 15) is 26.7 Å². The standard InChI is InChI=1S/C12H22F3NO3S/c1-10(2,3)6-9-20(18,19)16-7-4-11(17,5-8-16)12(13,14)15/h17H,4-9H2,1-3H3. The fourth-order valence-electron chi connectivity index (χ4n) is 1.98. The van der Waals surface area contributed by atoms with Gasteiger partial charge in [-0.05, 0) is 24.7 Å². The number of hydrogen-bond acceptors (Lipinski definition) is 3. The molecule has 8 heteroatoms. The first-order chi connectivity index (χ1) is 8.77. The van der Waals surface area contributed by atoms with Crippen LogP contribution in [0.5, 0.6) is 0 Å². The molecule has 1 heterocycles. The van der Waals surface area contributed by atoms with Crippen molar-refractivity contribution in [3.8, 4) is 0 Å². The summed E-state index contributed by atoms with van der Waals surface area (Å²) < 4.78 is 63.1. The molecule has 0 unspecified atom stereocenters. The van der Waals surface area contributed by atoms with Gasteiger partial charge in [0.2, 0.25) is 10.0 Å². The van der Waals surface area contributed by atoms with E-state index < -0.39 is 34.6 Å². The third-order valence-corrected chi connectivity index (χ3v) is 5.45. The molecule has 0 radical (unpaired) electrons. The van der Waals surface area contributed by atoms with E-state index in [-0.39, 0.29) is 24.3 Å². The van der Waals surface area contributed by atoms with Crippen molar-refractivity contribution in [2.45, 2.75) is 51.8 Å². The fourth-order valence-corrected chi connectivity index (χ4v) is 3.85. The monoisotopic (exact) mass is 317 g/mol. The summed E-state index contributed by atoms with van der Waals surface area (Å²) in [6, 6.07) is 0. The average Bonchev–Trinajstić information content (AvgIpc) is 2.25. The normalized spacial score (nSPS) is 21.9. The molecule has 0 aromatic heterocycles. The molecule has 0 aliphatic carbocycles. The van der Waals surface area contributed by atoms with E-state index in [1.54, 1.807) is 0 Å². The number of aliphatic hydroxyl groups is 1. The zero-order valence-electron chi connectivity index (χ0n) is 12.0. The molecule has 0 aromatic carbocycles. The molecule has 1 aliphatic rings. The minimum Gasteiger partial charge on any atom is -0.380 e. The first-order valence-corrected chi connectivity index (χ1v) is 8.15. The van der Waals surface area contributed by atoms with Crippen LogP contribution in [0.2, 0.25) is 0 Å². The number of sulfonamides is 1. The number of hydrogen-bond donors (Lipinski definition) is 1. The summed E-state index contributed by atoms with van der Waals surface area (Å²) in [5, 5.41) is 9.50. The third kappa shape index (κ3) is 4.33. The van der Waals surface area contributed by atoms with Crippen molar-refractivity contribution in [1.29, 1.82) is 0 Å². The van der Waals surface area contributed by atoms with E-state index in [0.717, 1.165) is 4.31 Å². The molecule has 4 nitrogen and oxygen atoms in total. The van der Waals surface area contributed by atoms with Crippen LogP contribution in [-0.4, -0.2) is 48.4 Å². The first kappa shape index (κ1) is 17.7. The second-order valence-corrected chi connectivity index (χ2v) is 8.64. The molecule has 0 spiro atoms. The Morgan fingerprint density at radius 3 is 1.95 bits per heavy atom. The van der Waals surface area contributed by atoms with Crippen LogP contribution in [-0.2, 0) is 10.0 Å². The van der Waals surface area contributed by atoms with Gasteiger partial charge in [0.15, 0.2) is 5.60 Å². The average molecular weight is 317 g/mol. The van der Waals surface area contributed by atoms with Crippen molar-refractivity contribution >= 4 is 10.0 Å². The Balaban J connectivity index is 2.65. The Morgan fingerprint density at radius 1 is 1.15 bits per heavy atom. The molecule has 0 aromatic rings. The number of nitrogens with zero attached hydrogens (tertiary/aromatic N) is 1. The summed E-state index contributed by atoms with van der Waals surface area (Å²) in [5.41, 5.74) is -2.92. The van der Waals surface area contributed by atoms with E-state index in [2.05, 4.69) is 0 Å². The maximum Gasteiger partial charge on any atom is 0.417 e. The van der Waals surface area contributed by atoms with Crippen LogP contribution < -0.4 is 0 Å². The molecule has 1 saturated heterocycles. The van der Waals surface area contributed by atoms with Gasteiger partial charge in [0.05, 0.1) is 5.75 Å². The lowest BCUT2D eigenvalue weighted by molar-refractivity contribution is -0.270. The number of halogens is 3. The number of rotatable bonds is 3. The van der Waals surface area contributed by atoms with Gasteiger partial charge in [0.1, 0.15) is 0 Å². The van der Waals surface area contributed by atoms with Crippen molar-refractivity contribution in [3.05, 3.63) is 0 Å². The van der Waals surface area contributed by atoms with Gasteiger partial charge in [-0.25, -0.2) is 12.7 Å². The van der Waals surface area contributed by atoms with Gasteiger partial charge in [-0.1, -0.05) is 20.8 Å². The van der Waals surface area contributed by atoms with E-state index >= 15 is 0 Å².